The Balaban J connectivity index is 2.22. The van der Waals surface area contributed by atoms with Crippen LogP contribution in [0.5, 0.6) is 11.5 Å². The topological polar surface area (TPSA) is 108 Å². The van der Waals surface area contributed by atoms with Gasteiger partial charge in [-0.1, -0.05) is 12.1 Å². The van der Waals surface area contributed by atoms with Gasteiger partial charge in [0, 0.05) is 32.5 Å². The average Bonchev–Trinajstić information content (AvgIpc) is 2.77. The molecule has 0 spiro atoms. The van der Waals surface area contributed by atoms with E-state index >= 15 is 0 Å². The van der Waals surface area contributed by atoms with Crippen LogP contribution in [0, 0.1) is 20.8 Å². The fourth-order valence-corrected chi connectivity index (χ4v) is 4.21. The molecule has 0 aliphatic carbocycles. The molecule has 9 nitrogen and oxygen atoms in total. The van der Waals surface area contributed by atoms with Gasteiger partial charge in [-0.25, -0.2) is 0 Å². The lowest BCUT2D eigenvalue weighted by Crippen LogP contribution is -2.72. The van der Waals surface area contributed by atoms with Crippen molar-refractivity contribution in [1.29, 1.82) is 0 Å². The summed E-state index contributed by atoms with van der Waals surface area (Å²) in [5, 5.41) is 0. The van der Waals surface area contributed by atoms with Gasteiger partial charge in [0.25, 0.3) is 5.91 Å². The molecule has 0 aromatic heterocycles. The minimum Gasteiger partial charge on any atom is -0.496 e. The van der Waals surface area contributed by atoms with Crippen molar-refractivity contribution < 1.29 is 38.1 Å². The van der Waals surface area contributed by atoms with Crippen LogP contribution in [0.3, 0.4) is 0 Å². The van der Waals surface area contributed by atoms with Crippen molar-refractivity contribution in [3.8, 4) is 11.5 Å². The minimum absolute atomic E-state index is 0.302. The Morgan fingerprint density at radius 1 is 0.914 bits per heavy atom. The van der Waals surface area contributed by atoms with Gasteiger partial charge in [-0.2, -0.15) is 0 Å². The van der Waals surface area contributed by atoms with E-state index in [1.54, 1.807) is 31.2 Å². The van der Waals surface area contributed by atoms with E-state index in [0.29, 0.717) is 28.3 Å². The summed E-state index contributed by atoms with van der Waals surface area (Å²) in [5.41, 5.74) is 1.75. The fraction of sp³-hybridized carbons (Fsp3) is 0.385. The largest absolute Gasteiger partial charge is 0.496 e. The first-order chi connectivity index (χ1) is 16.4. The van der Waals surface area contributed by atoms with Crippen LogP contribution in [-0.4, -0.2) is 43.1 Å². The Kier molecular flexibility index (Phi) is 7.19. The summed E-state index contributed by atoms with van der Waals surface area (Å²) in [5.74, 6) is -1.51. The highest BCUT2D eigenvalue weighted by atomic mass is 16.6. The zero-order chi connectivity index (χ0) is 26.1. The monoisotopic (exact) mass is 483 g/mol. The number of nitrogens with zero attached hydrogens (tertiary/aromatic N) is 1. The van der Waals surface area contributed by atoms with Crippen LogP contribution in [-0.2, 0) is 28.7 Å². The van der Waals surface area contributed by atoms with Crippen molar-refractivity contribution in [2.75, 3.05) is 18.6 Å². The summed E-state index contributed by atoms with van der Waals surface area (Å²) in [6.07, 6.45) is 0. The molecule has 1 saturated heterocycles. The molecular formula is C26H29NO8. The molecular weight excluding hydrogens is 454 g/mol. The minimum atomic E-state index is -1.80. The molecule has 1 aliphatic rings. The number of ether oxygens (including phenoxy) is 4. The maximum Gasteiger partial charge on any atom is 0.308 e. The van der Waals surface area contributed by atoms with E-state index in [1.807, 2.05) is 19.9 Å². The van der Waals surface area contributed by atoms with Crippen LogP contribution in [0.25, 0.3) is 0 Å². The number of β-lactam (4-membered cyclic amide) rings is 1. The average molecular weight is 484 g/mol. The molecule has 0 N–H and O–H groups in total. The third-order valence-corrected chi connectivity index (χ3v) is 5.98. The zero-order valence-electron chi connectivity index (χ0n) is 20.9. The second-order valence-corrected chi connectivity index (χ2v) is 8.55. The predicted octanol–water partition coefficient (Wildman–Crippen LogP) is 3.50. The van der Waals surface area contributed by atoms with Gasteiger partial charge in [0.15, 0.2) is 0 Å². The molecule has 2 aromatic rings. The summed E-state index contributed by atoms with van der Waals surface area (Å²) in [6.45, 7) is 8.78. The summed E-state index contributed by atoms with van der Waals surface area (Å²) in [6, 6.07) is 7.77. The molecule has 1 heterocycles. The van der Waals surface area contributed by atoms with Gasteiger partial charge < -0.3 is 18.9 Å². The molecule has 9 heteroatoms. The highest BCUT2D eigenvalue weighted by Crippen LogP contribution is 2.50. The number of hydrogen-bond donors (Lipinski definition) is 0. The maximum atomic E-state index is 13.7. The Morgan fingerprint density at radius 2 is 1.60 bits per heavy atom. The number of rotatable bonds is 7. The van der Waals surface area contributed by atoms with Gasteiger partial charge in [-0.05, 0) is 55.2 Å². The molecule has 1 fully saturated rings. The van der Waals surface area contributed by atoms with Gasteiger partial charge >= 0.3 is 17.9 Å². The van der Waals surface area contributed by atoms with E-state index in [1.165, 1.54) is 32.8 Å². The highest BCUT2D eigenvalue weighted by molar-refractivity contribution is 6.10. The Bertz CT molecular complexity index is 1200. The molecule has 35 heavy (non-hydrogen) atoms. The number of hydrogen-bond acceptors (Lipinski definition) is 8. The van der Waals surface area contributed by atoms with Crippen LogP contribution >= 0.6 is 0 Å². The van der Waals surface area contributed by atoms with Crippen molar-refractivity contribution in [1.82, 2.24) is 0 Å². The Morgan fingerprint density at radius 3 is 2.17 bits per heavy atom. The second kappa shape index (κ2) is 9.77. The molecule has 1 aliphatic heterocycles. The first kappa shape index (κ1) is 25.7. The van der Waals surface area contributed by atoms with Crippen molar-refractivity contribution in [3.63, 3.8) is 0 Å². The van der Waals surface area contributed by atoms with E-state index in [9.17, 15) is 19.2 Å². The van der Waals surface area contributed by atoms with E-state index in [4.69, 9.17) is 18.9 Å². The smallest absolute Gasteiger partial charge is 0.308 e. The predicted molar refractivity (Wildman–Crippen MR) is 126 cm³/mol. The van der Waals surface area contributed by atoms with Gasteiger partial charge in [0.05, 0.1) is 7.11 Å². The molecule has 186 valence electrons. The number of amides is 1. The molecule has 3 rings (SSSR count). The molecule has 0 radical (unpaired) electrons. The summed E-state index contributed by atoms with van der Waals surface area (Å²) in [7, 11) is 1.54. The van der Waals surface area contributed by atoms with Crippen LogP contribution in [0.15, 0.2) is 30.3 Å². The number of carbonyl (C=O) groups is 4. The lowest BCUT2D eigenvalue weighted by atomic mass is 9.77. The van der Waals surface area contributed by atoms with Crippen molar-refractivity contribution in [2.24, 2.45) is 0 Å². The van der Waals surface area contributed by atoms with E-state index in [-0.39, 0.29) is 0 Å². The van der Waals surface area contributed by atoms with Crippen LogP contribution < -0.4 is 14.4 Å². The quantitative estimate of drug-likeness (QED) is 0.335. The van der Waals surface area contributed by atoms with Crippen LogP contribution in [0.1, 0.15) is 49.1 Å². The number of benzene rings is 2. The van der Waals surface area contributed by atoms with Gasteiger partial charge in [0.1, 0.15) is 24.1 Å². The first-order valence-electron chi connectivity index (χ1n) is 11.0. The van der Waals surface area contributed by atoms with E-state index in [2.05, 4.69) is 0 Å². The summed E-state index contributed by atoms with van der Waals surface area (Å²) >= 11 is 0. The molecule has 1 amide bonds. The first-order valence-corrected chi connectivity index (χ1v) is 11.0. The van der Waals surface area contributed by atoms with E-state index < -0.39 is 42.1 Å². The lowest BCUT2D eigenvalue weighted by molar-refractivity contribution is -0.190. The second-order valence-electron chi connectivity index (χ2n) is 8.55. The SMILES string of the molecule is COc1cc(N2C(=O)[C@@](COC(C)=O)(OC(C)=O)[C@@H]2c2ccc(C)c(OC(C)=O)c2)cc(C)c1C. The normalized spacial score (nSPS) is 19.0. The highest BCUT2D eigenvalue weighted by Gasteiger charge is 2.66. The Labute approximate surface area is 203 Å². The number of methoxy groups -OCH3 is 1. The van der Waals surface area contributed by atoms with Crippen molar-refractivity contribution in [3.05, 3.63) is 52.6 Å². The molecule has 2 aromatic carbocycles. The summed E-state index contributed by atoms with van der Waals surface area (Å²) in [4.78, 5) is 50.5. The number of esters is 3. The zero-order valence-corrected chi connectivity index (χ0v) is 20.9. The molecule has 2 atom stereocenters. The third-order valence-electron chi connectivity index (χ3n) is 5.98. The Hall–Kier alpha value is -3.88. The van der Waals surface area contributed by atoms with E-state index in [0.717, 1.165) is 11.1 Å². The molecule has 0 saturated carbocycles. The van der Waals surface area contributed by atoms with Gasteiger partial charge in [-0.15, -0.1) is 0 Å². The van der Waals surface area contributed by atoms with Crippen LogP contribution in [0.2, 0.25) is 0 Å². The maximum absolute atomic E-state index is 13.7. The lowest BCUT2D eigenvalue weighted by Gasteiger charge is -2.54. The standard InChI is InChI=1S/C26H29NO8/c1-14-8-9-20(11-22(14)34-18(5)29)24-26(35-19(6)30,13-33-17(4)28)25(31)27(24)21-10-15(2)16(3)23(12-21)32-7/h8-12,24H,13H2,1-7H3/t24-,26-/m0/s1. The number of anilines is 1. The fourth-order valence-electron chi connectivity index (χ4n) is 4.21. The van der Waals surface area contributed by atoms with Gasteiger partial charge in [-0.3, -0.25) is 24.1 Å². The van der Waals surface area contributed by atoms with Crippen molar-refractivity contribution in [2.45, 2.75) is 53.2 Å². The number of aryl methyl sites for hydroxylation is 2. The van der Waals surface area contributed by atoms with Crippen molar-refractivity contribution >= 4 is 29.5 Å². The number of carbonyl (C=O) groups excluding carboxylic acids is 4. The molecule has 0 bridgehead atoms. The van der Waals surface area contributed by atoms with Crippen LogP contribution in [0.4, 0.5) is 5.69 Å². The third kappa shape index (κ3) is 4.84. The van der Waals surface area contributed by atoms with Gasteiger partial charge in [0.2, 0.25) is 5.60 Å². The summed E-state index contributed by atoms with van der Waals surface area (Å²) < 4.78 is 21.6. The molecule has 0 unspecified atom stereocenters.